The van der Waals surface area contributed by atoms with Crippen molar-refractivity contribution in [1.82, 2.24) is 10.2 Å². The summed E-state index contributed by atoms with van der Waals surface area (Å²) in [5.74, 6) is 2.16. The van der Waals surface area contributed by atoms with Gasteiger partial charge < -0.3 is 9.73 Å². The first kappa shape index (κ1) is 14.6. The van der Waals surface area contributed by atoms with Crippen molar-refractivity contribution in [2.45, 2.75) is 53.1 Å². The zero-order valence-corrected chi connectivity index (χ0v) is 12.7. The number of likely N-dealkylation sites (tertiary alicyclic amines) is 1. The van der Waals surface area contributed by atoms with Crippen molar-refractivity contribution in [3.63, 3.8) is 0 Å². The molecule has 0 aromatic carbocycles. The zero-order chi connectivity index (χ0) is 13.7. The van der Waals surface area contributed by atoms with Gasteiger partial charge in [0.15, 0.2) is 0 Å². The lowest BCUT2D eigenvalue weighted by Gasteiger charge is -2.26. The molecule has 1 saturated heterocycles. The van der Waals surface area contributed by atoms with Gasteiger partial charge in [0.2, 0.25) is 0 Å². The maximum absolute atomic E-state index is 5.88. The Hall–Kier alpha value is -0.800. The van der Waals surface area contributed by atoms with E-state index >= 15 is 0 Å². The highest BCUT2D eigenvalue weighted by Gasteiger charge is 2.34. The SMILES string of the molecule is CCNCc1ccc(CN2CCC(CC)(CC)C2)o1. The Morgan fingerprint density at radius 3 is 2.58 bits per heavy atom. The molecule has 0 radical (unpaired) electrons. The average molecular weight is 264 g/mol. The fraction of sp³-hybridized carbons (Fsp3) is 0.750. The van der Waals surface area contributed by atoms with Crippen LogP contribution in [0.4, 0.5) is 0 Å². The molecule has 1 aromatic heterocycles. The van der Waals surface area contributed by atoms with Gasteiger partial charge in [0.05, 0.1) is 13.1 Å². The molecular formula is C16H28N2O. The predicted molar refractivity (Wildman–Crippen MR) is 79.0 cm³/mol. The van der Waals surface area contributed by atoms with E-state index in [9.17, 15) is 0 Å². The van der Waals surface area contributed by atoms with Crippen molar-refractivity contribution in [2.75, 3.05) is 19.6 Å². The Kier molecular flexibility index (Phi) is 5.06. The molecule has 2 heterocycles. The molecule has 0 saturated carbocycles. The number of rotatable bonds is 7. The van der Waals surface area contributed by atoms with Crippen molar-refractivity contribution in [3.05, 3.63) is 23.7 Å². The second-order valence-electron chi connectivity index (χ2n) is 5.82. The molecule has 1 fully saturated rings. The highest BCUT2D eigenvalue weighted by atomic mass is 16.3. The summed E-state index contributed by atoms with van der Waals surface area (Å²) in [6.45, 7) is 12.0. The van der Waals surface area contributed by atoms with Gasteiger partial charge in [-0.2, -0.15) is 0 Å². The summed E-state index contributed by atoms with van der Waals surface area (Å²) in [7, 11) is 0. The maximum Gasteiger partial charge on any atom is 0.118 e. The standard InChI is InChI=1S/C16H28N2O/c1-4-16(5-2)9-10-18(13-16)12-15-8-7-14(19-15)11-17-6-3/h7-8,17H,4-6,9-13H2,1-3H3. The molecule has 0 bridgehead atoms. The monoisotopic (exact) mass is 264 g/mol. The molecule has 0 aliphatic carbocycles. The predicted octanol–water partition coefficient (Wildman–Crippen LogP) is 3.40. The molecule has 1 N–H and O–H groups in total. The first-order valence-corrected chi connectivity index (χ1v) is 7.72. The van der Waals surface area contributed by atoms with Gasteiger partial charge in [-0.1, -0.05) is 20.8 Å². The molecular weight excluding hydrogens is 236 g/mol. The van der Waals surface area contributed by atoms with Gasteiger partial charge in [-0.15, -0.1) is 0 Å². The lowest BCUT2D eigenvalue weighted by atomic mass is 9.82. The van der Waals surface area contributed by atoms with E-state index in [1.807, 2.05) is 0 Å². The van der Waals surface area contributed by atoms with Crippen LogP contribution in [0.2, 0.25) is 0 Å². The summed E-state index contributed by atoms with van der Waals surface area (Å²) in [6.07, 6.45) is 3.93. The lowest BCUT2D eigenvalue weighted by Crippen LogP contribution is -2.25. The van der Waals surface area contributed by atoms with Crippen LogP contribution in [0.1, 0.15) is 51.6 Å². The Bertz CT molecular complexity index is 382. The minimum absolute atomic E-state index is 0.555. The van der Waals surface area contributed by atoms with Crippen LogP contribution >= 0.6 is 0 Å². The average Bonchev–Trinajstić information content (AvgIpc) is 3.04. The van der Waals surface area contributed by atoms with Gasteiger partial charge in [-0.3, -0.25) is 4.90 Å². The van der Waals surface area contributed by atoms with Crippen LogP contribution in [-0.4, -0.2) is 24.5 Å². The summed E-state index contributed by atoms with van der Waals surface area (Å²) in [6, 6.07) is 4.23. The molecule has 0 unspecified atom stereocenters. The van der Waals surface area contributed by atoms with E-state index in [4.69, 9.17) is 4.42 Å². The number of nitrogens with zero attached hydrogens (tertiary/aromatic N) is 1. The van der Waals surface area contributed by atoms with Crippen LogP contribution in [0, 0.1) is 5.41 Å². The fourth-order valence-electron chi connectivity index (χ4n) is 3.06. The third-order valence-electron chi connectivity index (χ3n) is 4.66. The van der Waals surface area contributed by atoms with E-state index in [1.165, 1.54) is 32.4 Å². The van der Waals surface area contributed by atoms with Crippen LogP contribution in [0.15, 0.2) is 16.5 Å². The number of furan rings is 1. The number of hydrogen-bond donors (Lipinski definition) is 1. The molecule has 19 heavy (non-hydrogen) atoms. The molecule has 3 nitrogen and oxygen atoms in total. The van der Waals surface area contributed by atoms with Gasteiger partial charge in [-0.25, -0.2) is 0 Å². The fourth-order valence-corrected chi connectivity index (χ4v) is 3.06. The summed E-state index contributed by atoms with van der Waals surface area (Å²) in [5, 5.41) is 3.30. The Balaban J connectivity index is 1.87. The van der Waals surface area contributed by atoms with Crippen LogP contribution < -0.4 is 5.32 Å². The van der Waals surface area contributed by atoms with Crippen LogP contribution in [0.25, 0.3) is 0 Å². The number of nitrogens with one attached hydrogen (secondary N) is 1. The first-order chi connectivity index (χ1) is 9.21. The second-order valence-corrected chi connectivity index (χ2v) is 5.82. The van der Waals surface area contributed by atoms with Crippen molar-refractivity contribution in [3.8, 4) is 0 Å². The van der Waals surface area contributed by atoms with E-state index < -0.39 is 0 Å². The minimum atomic E-state index is 0.555. The van der Waals surface area contributed by atoms with Crippen LogP contribution in [0.3, 0.4) is 0 Å². The van der Waals surface area contributed by atoms with Gasteiger partial charge in [0.25, 0.3) is 0 Å². The summed E-state index contributed by atoms with van der Waals surface area (Å²) in [5.41, 5.74) is 0.555. The molecule has 0 amide bonds. The molecule has 0 atom stereocenters. The maximum atomic E-state index is 5.88. The molecule has 108 valence electrons. The summed E-state index contributed by atoms with van der Waals surface area (Å²) in [4.78, 5) is 2.54. The van der Waals surface area contributed by atoms with Gasteiger partial charge in [-0.05, 0) is 49.9 Å². The van der Waals surface area contributed by atoms with E-state index in [-0.39, 0.29) is 0 Å². The van der Waals surface area contributed by atoms with E-state index in [0.717, 1.165) is 31.2 Å². The third-order valence-corrected chi connectivity index (χ3v) is 4.66. The normalized spacial score (nSPS) is 19.1. The lowest BCUT2D eigenvalue weighted by molar-refractivity contribution is 0.224. The van der Waals surface area contributed by atoms with Gasteiger partial charge >= 0.3 is 0 Å². The molecule has 3 heteroatoms. The van der Waals surface area contributed by atoms with Crippen molar-refractivity contribution in [2.24, 2.45) is 5.41 Å². The second kappa shape index (κ2) is 6.58. The van der Waals surface area contributed by atoms with E-state index in [1.54, 1.807) is 0 Å². The van der Waals surface area contributed by atoms with Crippen LogP contribution in [0.5, 0.6) is 0 Å². The molecule has 1 aromatic rings. The first-order valence-electron chi connectivity index (χ1n) is 7.72. The quantitative estimate of drug-likeness (QED) is 0.818. The third kappa shape index (κ3) is 3.61. The van der Waals surface area contributed by atoms with E-state index in [2.05, 4.69) is 43.1 Å². The summed E-state index contributed by atoms with van der Waals surface area (Å²) < 4.78 is 5.88. The summed E-state index contributed by atoms with van der Waals surface area (Å²) >= 11 is 0. The van der Waals surface area contributed by atoms with Crippen LogP contribution in [-0.2, 0) is 13.1 Å². The van der Waals surface area contributed by atoms with Crippen molar-refractivity contribution in [1.29, 1.82) is 0 Å². The highest BCUT2D eigenvalue weighted by molar-refractivity contribution is 5.07. The topological polar surface area (TPSA) is 28.4 Å². The highest BCUT2D eigenvalue weighted by Crippen LogP contribution is 2.37. The number of hydrogen-bond acceptors (Lipinski definition) is 3. The Morgan fingerprint density at radius 1 is 1.21 bits per heavy atom. The largest absolute Gasteiger partial charge is 0.463 e. The van der Waals surface area contributed by atoms with Gasteiger partial charge in [0.1, 0.15) is 11.5 Å². The molecule has 1 aliphatic rings. The molecule has 2 rings (SSSR count). The Labute approximate surface area is 117 Å². The van der Waals surface area contributed by atoms with Crippen molar-refractivity contribution >= 4 is 0 Å². The smallest absolute Gasteiger partial charge is 0.118 e. The Morgan fingerprint density at radius 2 is 1.95 bits per heavy atom. The minimum Gasteiger partial charge on any atom is -0.463 e. The molecule has 0 spiro atoms. The van der Waals surface area contributed by atoms with Gasteiger partial charge in [0, 0.05) is 6.54 Å². The zero-order valence-electron chi connectivity index (χ0n) is 12.7. The van der Waals surface area contributed by atoms with E-state index in [0.29, 0.717) is 5.41 Å². The van der Waals surface area contributed by atoms with Crippen molar-refractivity contribution < 1.29 is 4.42 Å². The molecule has 1 aliphatic heterocycles.